The first-order chi connectivity index (χ1) is 11.1. The van der Waals surface area contributed by atoms with Crippen molar-refractivity contribution in [1.29, 1.82) is 5.26 Å². The van der Waals surface area contributed by atoms with E-state index in [1.807, 2.05) is 6.07 Å². The Hall–Kier alpha value is -3.47. The van der Waals surface area contributed by atoms with E-state index in [9.17, 15) is 9.59 Å². The maximum atomic E-state index is 11.7. The molecule has 0 aliphatic carbocycles. The van der Waals surface area contributed by atoms with Crippen molar-refractivity contribution in [2.45, 2.75) is 6.92 Å². The molecule has 0 bridgehead atoms. The van der Waals surface area contributed by atoms with Gasteiger partial charge in [-0.15, -0.1) is 0 Å². The van der Waals surface area contributed by atoms with Gasteiger partial charge in [0.25, 0.3) is 11.8 Å². The summed E-state index contributed by atoms with van der Waals surface area (Å²) in [5, 5.41) is 8.67. The van der Waals surface area contributed by atoms with E-state index in [0.29, 0.717) is 17.0 Å². The van der Waals surface area contributed by atoms with Gasteiger partial charge in [0.2, 0.25) is 0 Å². The molecule has 8 nitrogen and oxygen atoms in total. The molecule has 0 saturated carbocycles. The smallest absolute Gasteiger partial charge is 0.289 e. The Kier molecular flexibility index (Phi) is 5.20. The van der Waals surface area contributed by atoms with E-state index in [-0.39, 0.29) is 12.3 Å². The first-order valence-electron chi connectivity index (χ1n) is 6.59. The third-order valence-electron chi connectivity index (χ3n) is 2.68. The first-order valence-corrected chi connectivity index (χ1v) is 6.59. The van der Waals surface area contributed by atoms with Gasteiger partial charge in [0.15, 0.2) is 6.61 Å². The number of rotatable bonds is 4. The summed E-state index contributed by atoms with van der Waals surface area (Å²) in [7, 11) is 0. The molecule has 1 heterocycles. The number of nitrogens with zero attached hydrogens (tertiary/aromatic N) is 3. The van der Waals surface area contributed by atoms with E-state index in [0.717, 1.165) is 0 Å². The molecule has 2 rings (SSSR count). The summed E-state index contributed by atoms with van der Waals surface area (Å²) in [4.78, 5) is 31.1. The number of hydrazine groups is 1. The minimum Gasteiger partial charge on any atom is -0.484 e. The van der Waals surface area contributed by atoms with Gasteiger partial charge in [0.05, 0.1) is 23.5 Å². The van der Waals surface area contributed by atoms with E-state index >= 15 is 0 Å². The Bertz CT molecular complexity index is 735. The molecule has 0 fully saturated rings. The van der Waals surface area contributed by atoms with Crippen LogP contribution in [0.1, 0.15) is 21.7 Å². The summed E-state index contributed by atoms with van der Waals surface area (Å²) in [6.45, 7) is 1.46. The van der Waals surface area contributed by atoms with E-state index in [2.05, 4.69) is 20.8 Å². The quantitative estimate of drug-likeness (QED) is 0.794. The molecule has 0 unspecified atom stereocenters. The number of benzene rings is 1. The summed E-state index contributed by atoms with van der Waals surface area (Å²) in [6, 6.07) is 8.28. The molecule has 2 N–H and O–H groups in total. The number of aromatic nitrogens is 2. The van der Waals surface area contributed by atoms with Crippen LogP contribution in [0, 0.1) is 18.3 Å². The highest BCUT2D eigenvalue weighted by molar-refractivity contribution is 5.93. The van der Waals surface area contributed by atoms with Crippen molar-refractivity contribution in [3.05, 3.63) is 53.6 Å². The van der Waals surface area contributed by atoms with Crippen LogP contribution in [0.4, 0.5) is 0 Å². The van der Waals surface area contributed by atoms with Crippen molar-refractivity contribution in [2.24, 2.45) is 0 Å². The van der Waals surface area contributed by atoms with Gasteiger partial charge in [0, 0.05) is 6.20 Å². The zero-order valence-corrected chi connectivity index (χ0v) is 12.2. The van der Waals surface area contributed by atoms with Crippen LogP contribution >= 0.6 is 0 Å². The molecule has 2 amide bonds. The highest BCUT2D eigenvalue weighted by Gasteiger charge is 2.09. The lowest BCUT2D eigenvalue weighted by Gasteiger charge is -2.08. The Labute approximate surface area is 132 Å². The number of hydrogen-bond donors (Lipinski definition) is 2. The second-order valence-corrected chi connectivity index (χ2v) is 4.47. The molecular formula is C15H13N5O3. The highest BCUT2D eigenvalue weighted by atomic mass is 16.5. The molecule has 8 heteroatoms. The summed E-state index contributed by atoms with van der Waals surface area (Å²) in [5.74, 6) is -0.679. The average Bonchev–Trinajstić information content (AvgIpc) is 2.59. The van der Waals surface area contributed by atoms with Gasteiger partial charge in [0.1, 0.15) is 11.4 Å². The largest absolute Gasteiger partial charge is 0.484 e. The van der Waals surface area contributed by atoms with Crippen LogP contribution in [0.2, 0.25) is 0 Å². The predicted octanol–water partition coefficient (Wildman–Crippen LogP) is 0.497. The Balaban J connectivity index is 1.77. The first kappa shape index (κ1) is 15.9. The summed E-state index contributed by atoms with van der Waals surface area (Å²) in [6.07, 6.45) is 2.76. The van der Waals surface area contributed by atoms with Crippen LogP contribution in [-0.2, 0) is 4.79 Å². The van der Waals surface area contributed by atoms with Crippen LogP contribution in [0.5, 0.6) is 5.75 Å². The van der Waals surface area contributed by atoms with Crippen LogP contribution in [0.3, 0.4) is 0 Å². The number of carbonyl (C=O) groups excluding carboxylic acids is 2. The molecule has 23 heavy (non-hydrogen) atoms. The standard InChI is InChI=1S/C15H13N5O3/c1-10-7-18-13(8-17-10)15(22)20-19-14(21)9-23-12-4-2-11(6-16)3-5-12/h2-5,7-8H,9H2,1H3,(H,19,21)(H,20,22). The van der Waals surface area contributed by atoms with E-state index in [1.54, 1.807) is 31.2 Å². The van der Waals surface area contributed by atoms with Crippen molar-refractivity contribution < 1.29 is 14.3 Å². The second kappa shape index (κ2) is 7.51. The topological polar surface area (TPSA) is 117 Å². The Morgan fingerprint density at radius 2 is 1.91 bits per heavy atom. The van der Waals surface area contributed by atoms with Gasteiger partial charge in [-0.2, -0.15) is 5.26 Å². The van der Waals surface area contributed by atoms with Crippen molar-refractivity contribution in [2.75, 3.05) is 6.61 Å². The number of amides is 2. The zero-order valence-electron chi connectivity index (χ0n) is 12.2. The van der Waals surface area contributed by atoms with Gasteiger partial charge < -0.3 is 4.74 Å². The number of ether oxygens (including phenoxy) is 1. The van der Waals surface area contributed by atoms with Crippen molar-refractivity contribution in [3.63, 3.8) is 0 Å². The van der Waals surface area contributed by atoms with Gasteiger partial charge in [-0.05, 0) is 31.2 Å². The molecule has 1 aromatic carbocycles. The lowest BCUT2D eigenvalue weighted by Crippen LogP contribution is -2.44. The van der Waals surface area contributed by atoms with Gasteiger partial charge in [-0.25, -0.2) is 4.98 Å². The molecule has 0 atom stereocenters. The lowest BCUT2D eigenvalue weighted by molar-refractivity contribution is -0.123. The molecule has 0 aliphatic rings. The minimum atomic E-state index is -0.579. The van der Waals surface area contributed by atoms with E-state index in [4.69, 9.17) is 10.00 Å². The fourth-order valence-corrected chi connectivity index (χ4v) is 1.51. The second-order valence-electron chi connectivity index (χ2n) is 4.47. The lowest BCUT2D eigenvalue weighted by atomic mass is 10.2. The SMILES string of the molecule is Cc1cnc(C(=O)NNC(=O)COc2ccc(C#N)cc2)cn1. The Morgan fingerprint density at radius 1 is 1.17 bits per heavy atom. The van der Waals surface area contributed by atoms with Crippen molar-refractivity contribution in [3.8, 4) is 11.8 Å². The van der Waals surface area contributed by atoms with E-state index < -0.39 is 11.8 Å². The highest BCUT2D eigenvalue weighted by Crippen LogP contribution is 2.11. The molecule has 2 aromatic rings. The van der Waals surface area contributed by atoms with Gasteiger partial charge in [-0.3, -0.25) is 25.4 Å². The third-order valence-corrected chi connectivity index (χ3v) is 2.68. The maximum Gasteiger partial charge on any atom is 0.289 e. The van der Waals surface area contributed by atoms with Crippen LogP contribution in [0.15, 0.2) is 36.7 Å². The third kappa shape index (κ3) is 4.78. The Morgan fingerprint density at radius 3 is 2.52 bits per heavy atom. The summed E-state index contributed by atoms with van der Waals surface area (Å²) in [5.41, 5.74) is 5.68. The number of nitrogens with one attached hydrogen (secondary N) is 2. The monoisotopic (exact) mass is 311 g/mol. The fourth-order valence-electron chi connectivity index (χ4n) is 1.51. The number of aryl methyl sites for hydroxylation is 1. The number of carbonyl (C=O) groups is 2. The molecule has 0 radical (unpaired) electrons. The number of hydrogen-bond acceptors (Lipinski definition) is 6. The summed E-state index contributed by atoms with van der Waals surface area (Å²) >= 11 is 0. The molecular weight excluding hydrogens is 298 g/mol. The van der Waals surface area contributed by atoms with E-state index in [1.165, 1.54) is 12.4 Å². The van der Waals surface area contributed by atoms with Crippen molar-refractivity contribution in [1.82, 2.24) is 20.8 Å². The normalized spacial score (nSPS) is 9.57. The molecule has 116 valence electrons. The minimum absolute atomic E-state index is 0.0870. The fraction of sp³-hybridized carbons (Fsp3) is 0.133. The zero-order chi connectivity index (χ0) is 16.7. The summed E-state index contributed by atoms with van der Waals surface area (Å²) < 4.78 is 5.22. The maximum absolute atomic E-state index is 11.7. The van der Waals surface area contributed by atoms with Crippen LogP contribution < -0.4 is 15.6 Å². The average molecular weight is 311 g/mol. The predicted molar refractivity (Wildman–Crippen MR) is 79.0 cm³/mol. The molecule has 0 saturated heterocycles. The van der Waals surface area contributed by atoms with Crippen LogP contribution in [0.25, 0.3) is 0 Å². The van der Waals surface area contributed by atoms with Gasteiger partial charge >= 0.3 is 0 Å². The molecule has 0 aliphatic heterocycles. The van der Waals surface area contributed by atoms with Gasteiger partial charge in [-0.1, -0.05) is 0 Å². The van der Waals surface area contributed by atoms with Crippen molar-refractivity contribution >= 4 is 11.8 Å². The number of nitriles is 1. The molecule has 0 spiro atoms. The molecule has 1 aromatic heterocycles. The van der Waals surface area contributed by atoms with Crippen LogP contribution in [-0.4, -0.2) is 28.4 Å².